The number of carbonyl (C=O) groups is 1. The van der Waals surface area contributed by atoms with Crippen molar-refractivity contribution in [2.45, 2.75) is 13.2 Å². The molecule has 0 bridgehead atoms. The van der Waals surface area contributed by atoms with Crippen molar-refractivity contribution >= 4 is 23.2 Å². The van der Waals surface area contributed by atoms with Crippen LogP contribution >= 0.6 is 11.6 Å². The summed E-state index contributed by atoms with van der Waals surface area (Å²) in [5, 5.41) is 11.8. The molecule has 0 radical (unpaired) electrons. The lowest BCUT2D eigenvalue weighted by Gasteiger charge is -2.18. The van der Waals surface area contributed by atoms with Crippen LogP contribution in [-0.4, -0.2) is 36.5 Å². The molecule has 144 valence electrons. The third-order valence-corrected chi connectivity index (χ3v) is 3.82. The average Bonchev–Trinajstić information content (AvgIpc) is 2.60. The van der Waals surface area contributed by atoms with E-state index in [1.165, 1.54) is 19.1 Å². The van der Waals surface area contributed by atoms with Crippen LogP contribution < -0.4 is 9.47 Å². The fourth-order valence-corrected chi connectivity index (χ4v) is 2.62. The van der Waals surface area contributed by atoms with E-state index in [0.29, 0.717) is 10.6 Å². The Balaban J connectivity index is 2.39. The summed E-state index contributed by atoms with van der Waals surface area (Å²) in [6, 6.07) is 8.52. The molecule has 27 heavy (non-hydrogen) atoms. The Hall–Kier alpha value is -2.94. The number of nitrogens with zero attached hydrogens (tertiary/aromatic N) is 2. The molecule has 0 aromatic heterocycles. The van der Waals surface area contributed by atoms with Crippen LogP contribution in [0.15, 0.2) is 36.4 Å². The van der Waals surface area contributed by atoms with Crippen molar-refractivity contribution in [3.8, 4) is 11.5 Å². The number of hydrogen-bond acceptors (Lipinski definition) is 5. The molecule has 0 spiro atoms. The SMILES string of the molecule is COc1cc(C(=O)N(C)Cc2cccc(Cl)c2)c([N+](=O)[O-])cc1OC(F)F. The molecule has 0 saturated heterocycles. The summed E-state index contributed by atoms with van der Waals surface area (Å²) in [5.74, 6) is -1.45. The minimum atomic E-state index is -3.20. The van der Waals surface area contributed by atoms with Crippen LogP contribution in [0.3, 0.4) is 0 Å². The van der Waals surface area contributed by atoms with E-state index in [0.717, 1.165) is 12.1 Å². The first-order valence-electron chi connectivity index (χ1n) is 7.54. The van der Waals surface area contributed by atoms with Crippen LogP contribution in [0.1, 0.15) is 15.9 Å². The minimum Gasteiger partial charge on any atom is -0.493 e. The lowest BCUT2D eigenvalue weighted by Crippen LogP contribution is -2.27. The van der Waals surface area contributed by atoms with Gasteiger partial charge in [-0.15, -0.1) is 0 Å². The van der Waals surface area contributed by atoms with Crippen LogP contribution in [0.25, 0.3) is 0 Å². The van der Waals surface area contributed by atoms with Gasteiger partial charge in [-0.05, 0) is 17.7 Å². The van der Waals surface area contributed by atoms with Gasteiger partial charge in [-0.2, -0.15) is 8.78 Å². The van der Waals surface area contributed by atoms with Gasteiger partial charge in [0.05, 0.1) is 18.1 Å². The van der Waals surface area contributed by atoms with Crippen molar-refractivity contribution in [1.29, 1.82) is 0 Å². The van der Waals surface area contributed by atoms with Gasteiger partial charge in [-0.25, -0.2) is 0 Å². The van der Waals surface area contributed by atoms with E-state index >= 15 is 0 Å². The summed E-state index contributed by atoms with van der Waals surface area (Å²) in [7, 11) is 2.62. The highest BCUT2D eigenvalue weighted by molar-refractivity contribution is 6.30. The Morgan fingerprint density at radius 1 is 1.30 bits per heavy atom. The number of rotatable bonds is 7. The lowest BCUT2D eigenvalue weighted by molar-refractivity contribution is -0.385. The number of hydrogen-bond donors (Lipinski definition) is 0. The van der Waals surface area contributed by atoms with Gasteiger partial charge in [0.25, 0.3) is 11.6 Å². The number of nitro benzene ring substituents is 1. The van der Waals surface area contributed by atoms with Gasteiger partial charge in [0.15, 0.2) is 11.5 Å². The lowest BCUT2D eigenvalue weighted by atomic mass is 10.1. The second-order valence-electron chi connectivity index (χ2n) is 5.45. The highest BCUT2D eigenvalue weighted by atomic mass is 35.5. The highest BCUT2D eigenvalue weighted by Crippen LogP contribution is 2.36. The van der Waals surface area contributed by atoms with E-state index in [1.54, 1.807) is 24.3 Å². The van der Waals surface area contributed by atoms with Gasteiger partial charge in [0.2, 0.25) is 0 Å². The van der Waals surface area contributed by atoms with E-state index in [9.17, 15) is 23.7 Å². The molecule has 7 nitrogen and oxygen atoms in total. The zero-order valence-corrected chi connectivity index (χ0v) is 15.1. The molecule has 0 N–H and O–H groups in total. The summed E-state index contributed by atoms with van der Waals surface area (Å²) < 4.78 is 34.1. The first-order chi connectivity index (χ1) is 12.7. The number of benzene rings is 2. The van der Waals surface area contributed by atoms with Gasteiger partial charge in [-0.3, -0.25) is 14.9 Å². The van der Waals surface area contributed by atoms with Crippen molar-refractivity contribution in [2.24, 2.45) is 0 Å². The molecule has 2 aromatic rings. The minimum absolute atomic E-state index is 0.133. The molecular weight excluding hydrogens is 386 g/mol. The predicted octanol–water partition coefficient (Wildman–Crippen LogP) is 4.13. The molecule has 0 heterocycles. The molecule has 2 rings (SSSR count). The maximum atomic E-state index is 12.7. The Bertz CT molecular complexity index is 863. The summed E-state index contributed by atoms with van der Waals surface area (Å²) in [5.41, 5.74) is -0.275. The van der Waals surface area contributed by atoms with Crippen molar-refractivity contribution in [3.63, 3.8) is 0 Å². The first kappa shape index (κ1) is 20.4. The molecule has 2 aromatic carbocycles. The Morgan fingerprint density at radius 3 is 2.56 bits per heavy atom. The molecule has 0 aliphatic rings. The van der Waals surface area contributed by atoms with Crippen LogP contribution in [-0.2, 0) is 6.54 Å². The Kier molecular flexibility index (Phi) is 6.51. The number of carbonyl (C=O) groups excluding carboxylic acids is 1. The van der Waals surface area contributed by atoms with Crippen LogP contribution in [0.5, 0.6) is 11.5 Å². The van der Waals surface area contributed by atoms with Crippen molar-refractivity contribution < 1.29 is 28.0 Å². The second kappa shape index (κ2) is 8.63. The average molecular weight is 401 g/mol. The number of ether oxygens (including phenoxy) is 2. The fourth-order valence-electron chi connectivity index (χ4n) is 2.41. The van der Waals surface area contributed by atoms with E-state index in [4.69, 9.17) is 16.3 Å². The smallest absolute Gasteiger partial charge is 0.387 e. The van der Waals surface area contributed by atoms with Gasteiger partial charge in [0, 0.05) is 24.7 Å². The molecule has 1 amide bonds. The molecule has 0 aliphatic carbocycles. The number of halogens is 3. The third-order valence-electron chi connectivity index (χ3n) is 3.58. The largest absolute Gasteiger partial charge is 0.493 e. The van der Waals surface area contributed by atoms with Crippen LogP contribution in [0, 0.1) is 10.1 Å². The number of nitro groups is 1. The number of methoxy groups -OCH3 is 1. The van der Waals surface area contributed by atoms with Crippen molar-refractivity contribution in [3.05, 3.63) is 62.7 Å². The summed E-state index contributed by atoms with van der Waals surface area (Å²) in [6.07, 6.45) is 0. The van der Waals surface area contributed by atoms with E-state index in [-0.39, 0.29) is 17.9 Å². The quantitative estimate of drug-likeness (QED) is 0.515. The van der Waals surface area contributed by atoms with E-state index in [2.05, 4.69) is 4.74 Å². The van der Waals surface area contributed by atoms with Gasteiger partial charge in [0.1, 0.15) is 5.56 Å². The molecular formula is C17H15ClF2N2O5. The first-order valence-corrected chi connectivity index (χ1v) is 7.92. The molecule has 0 aliphatic heterocycles. The Labute approximate surface area is 158 Å². The van der Waals surface area contributed by atoms with Gasteiger partial charge in [-0.1, -0.05) is 23.7 Å². The monoisotopic (exact) mass is 400 g/mol. The van der Waals surface area contributed by atoms with Crippen LogP contribution in [0.2, 0.25) is 5.02 Å². The zero-order valence-electron chi connectivity index (χ0n) is 14.3. The van der Waals surface area contributed by atoms with E-state index in [1.807, 2.05) is 0 Å². The predicted molar refractivity (Wildman–Crippen MR) is 93.5 cm³/mol. The molecule has 10 heteroatoms. The van der Waals surface area contributed by atoms with Crippen molar-refractivity contribution in [1.82, 2.24) is 4.90 Å². The molecule has 0 atom stereocenters. The normalized spacial score (nSPS) is 10.6. The van der Waals surface area contributed by atoms with Gasteiger partial charge >= 0.3 is 6.61 Å². The zero-order chi connectivity index (χ0) is 20.1. The van der Waals surface area contributed by atoms with Crippen LogP contribution in [0.4, 0.5) is 14.5 Å². The van der Waals surface area contributed by atoms with Crippen molar-refractivity contribution in [2.75, 3.05) is 14.2 Å². The second-order valence-corrected chi connectivity index (χ2v) is 5.88. The van der Waals surface area contributed by atoms with Gasteiger partial charge < -0.3 is 14.4 Å². The molecule has 0 fully saturated rings. The number of alkyl halides is 2. The Morgan fingerprint density at radius 2 is 2.00 bits per heavy atom. The third kappa shape index (κ3) is 5.04. The highest BCUT2D eigenvalue weighted by Gasteiger charge is 2.27. The molecule has 0 saturated carbocycles. The summed E-state index contributed by atoms with van der Waals surface area (Å²) >= 11 is 5.91. The van der Waals surface area contributed by atoms with E-state index < -0.39 is 28.9 Å². The summed E-state index contributed by atoms with van der Waals surface area (Å²) in [6.45, 7) is -3.07. The maximum Gasteiger partial charge on any atom is 0.387 e. The maximum absolute atomic E-state index is 12.7. The standard InChI is InChI=1S/C17H15ClF2N2O5/c1-21(9-10-4-3-5-11(18)6-10)16(23)12-7-14(26-2)15(27-17(19)20)8-13(12)22(24)25/h3-8,17H,9H2,1-2H3. The summed E-state index contributed by atoms with van der Waals surface area (Å²) in [4.78, 5) is 24.4. The topological polar surface area (TPSA) is 81.9 Å². The number of amides is 1. The fraction of sp³-hybridized carbons (Fsp3) is 0.235. The molecule has 0 unspecified atom stereocenters.